The zero-order valence-electron chi connectivity index (χ0n) is 13.5. The third-order valence-corrected chi connectivity index (χ3v) is 3.28. The maximum Gasteiger partial charge on any atom is 0.181 e. The Morgan fingerprint density at radius 3 is 2.27 bits per heavy atom. The standard InChI is InChI=1S/C18H23NO3/c1-13(5-10-17(21)12-20)11-14(2)18(22)15-6-8-16(9-7-15)19(3)4/h5-11,14,20H,12H2,1-4H3/b10-5+,13-11+/t14-/m0/s1. The number of ketones is 2. The van der Waals surface area contributed by atoms with Crippen molar-refractivity contribution >= 4 is 17.3 Å². The van der Waals surface area contributed by atoms with Gasteiger partial charge in [-0.25, -0.2) is 0 Å². The van der Waals surface area contributed by atoms with E-state index in [4.69, 9.17) is 5.11 Å². The third kappa shape index (κ3) is 5.30. The molecule has 0 bridgehead atoms. The Hall–Kier alpha value is -2.20. The van der Waals surface area contributed by atoms with Gasteiger partial charge in [-0.05, 0) is 37.3 Å². The lowest BCUT2D eigenvalue weighted by atomic mass is 9.97. The van der Waals surface area contributed by atoms with Crippen molar-refractivity contribution in [3.05, 3.63) is 53.6 Å². The van der Waals surface area contributed by atoms with Crippen LogP contribution >= 0.6 is 0 Å². The molecule has 1 aromatic rings. The van der Waals surface area contributed by atoms with Gasteiger partial charge in [0.2, 0.25) is 0 Å². The number of hydrogen-bond acceptors (Lipinski definition) is 4. The number of nitrogens with zero attached hydrogens (tertiary/aromatic N) is 1. The fourth-order valence-corrected chi connectivity index (χ4v) is 1.99. The van der Waals surface area contributed by atoms with Crippen LogP contribution in [0, 0.1) is 5.92 Å². The summed E-state index contributed by atoms with van der Waals surface area (Å²) >= 11 is 0. The Morgan fingerprint density at radius 2 is 1.77 bits per heavy atom. The first-order valence-electron chi connectivity index (χ1n) is 7.17. The molecule has 0 heterocycles. The molecule has 1 aromatic carbocycles. The third-order valence-electron chi connectivity index (χ3n) is 3.28. The van der Waals surface area contributed by atoms with Gasteiger partial charge >= 0.3 is 0 Å². The molecule has 0 aliphatic heterocycles. The van der Waals surface area contributed by atoms with Gasteiger partial charge in [0, 0.05) is 31.3 Å². The predicted molar refractivity (Wildman–Crippen MR) is 89.3 cm³/mol. The summed E-state index contributed by atoms with van der Waals surface area (Å²) in [5.41, 5.74) is 2.52. The Labute approximate surface area is 131 Å². The van der Waals surface area contributed by atoms with Gasteiger partial charge in [0.25, 0.3) is 0 Å². The quantitative estimate of drug-likeness (QED) is 0.478. The van der Waals surface area contributed by atoms with E-state index in [0.717, 1.165) is 11.3 Å². The molecule has 0 amide bonds. The molecule has 1 N–H and O–H groups in total. The van der Waals surface area contributed by atoms with Crippen LogP contribution in [0.25, 0.3) is 0 Å². The Morgan fingerprint density at radius 1 is 1.18 bits per heavy atom. The van der Waals surface area contributed by atoms with Crippen molar-refractivity contribution in [2.75, 3.05) is 25.6 Å². The van der Waals surface area contributed by atoms with Crippen molar-refractivity contribution in [1.29, 1.82) is 0 Å². The summed E-state index contributed by atoms with van der Waals surface area (Å²) in [6.45, 7) is 3.14. The lowest BCUT2D eigenvalue weighted by Crippen LogP contribution is -2.11. The molecule has 0 radical (unpaired) electrons. The van der Waals surface area contributed by atoms with Crippen LogP contribution in [0.3, 0.4) is 0 Å². The van der Waals surface area contributed by atoms with E-state index in [-0.39, 0.29) is 17.5 Å². The van der Waals surface area contributed by atoms with E-state index in [1.807, 2.05) is 63.2 Å². The van der Waals surface area contributed by atoms with Gasteiger partial charge in [-0.3, -0.25) is 9.59 Å². The number of anilines is 1. The topological polar surface area (TPSA) is 57.6 Å². The number of carbonyl (C=O) groups excluding carboxylic acids is 2. The van der Waals surface area contributed by atoms with E-state index in [9.17, 15) is 9.59 Å². The number of benzene rings is 1. The minimum atomic E-state index is -0.503. The average molecular weight is 301 g/mol. The molecule has 0 saturated heterocycles. The summed E-state index contributed by atoms with van der Waals surface area (Å²) in [5, 5.41) is 8.65. The summed E-state index contributed by atoms with van der Waals surface area (Å²) in [5.74, 6) is -0.600. The SMILES string of the molecule is CC(/C=C/C(=O)CO)=C\[C@H](C)C(=O)c1ccc(N(C)C)cc1. The molecule has 1 rings (SSSR count). The highest BCUT2D eigenvalue weighted by molar-refractivity contribution is 5.99. The van der Waals surface area contributed by atoms with Crippen LogP contribution in [-0.4, -0.2) is 37.4 Å². The molecule has 0 fully saturated rings. The summed E-state index contributed by atoms with van der Waals surface area (Å²) in [6, 6.07) is 7.47. The van der Waals surface area contributed by atoms with Gasteiger partial charge in [0.1, 0.15) is 6.61 Å². The van der Waals surface area contributed by atoms with Crippen molar-refractivity contribution in [1.82, 2.24) is 0 Å². The summed E-state index contributed by atoms with van der Waals surface area (Å²) in [4.78, 5) is 25.4. The van der Waals surface area contributed by atoms with Crippen molar-refractivity contribution in [2.24, 2.45) is 5.92 Å². The molecule has 0 spiro atoms. The minimum Gasteiger partial charge on any atom is -0.388 e. The zero-order valence-corrected chi connectivity index (χ0v) is 13.5. The Kier molecular flexibility index (Phi) is 6.73. The predicted octanol–water partition coefficient (Wildman–Crippen LogP) is 2.64. The number of allylic oxidation sites excluding steroid dienone is 3. The molecule has 4 nitrogen and oxygen atoms in total. The van der Waals surface area contributed by atoms with Crippen molar-refractivity contribution in [2.45, 2.75) is 13.8 Å². The van der Waals surface area contributed by atoms with Gasteiger partial charge in [0.15, 0.2) is 11.6 Å². The number of aliphatic hydroxyl groups excluding tert-OH is 1. The van der Waals surface area contributed by atoms with Crippen LogP contribution in [0.2, 0.25) is 0 Å². The fraction of sp³-hybridized carbons (Fsp3) is 0.333. The number of hydrogen-bond donors (Lipinski definition) is 1. The van der Waals surface area contributed by atoms with Crippen LogP contribution < -0.4 is 4.90 Å². The molecule has 0 aliphatic rings. The van der Waals surface area contributed by atoms with Crippen LogP contribution in [0.4, 0.5) is 5.69 Å². The molecule has 1 atom stereocenters. The van der Waals surface area contributed by atoms with Crippen LogP contribution in [0.1, 0.15) is 24.2 Å². The summed E-state index contributed by atoms with van der Waals surface area (Å²) in [6.07, 6.45) is 4.73. The van der Waals surface area contributed by atoms with E-state index >= 15 is 0 Å². The van der Waals surface area contributed by atoms with Crippen LogP contribution in [-0.2, 0) is 4.79 Å². The largest absolute Gasteiger partial charge is 0.388 e. The highest BCUT2D eigenvalue weighted by Crippen LogP contribution is 2.17. The number of Topliss-reactive ketones (excluding diaryl/α,β-unsaturated/α-hetero) is 1. The average Bonchev–Trinajstić information content (AvgIpc) is 2.51. The lowest BCUT2D eigenvalue weighted by molar-refractivity contribution is -0.117. The fourth-order valence-electron chi connectivity index (χ4n) is 1.99. The highest BCUT2D eigenvalue weighted by atomic mass is 16.3. The summed E-state index contributed by atoms with van der Waals surface area (Å²) < 4.78 is 0. The van der Waals surface area contributed by atoms with Gasteiger partial charge in [-0.2, -0.15) is 0 Å². The van der Waals surface area contributed by atoms with Crippen molar-refractivity contribution in [3.8, 4) is 0 Å². The van der Waals surface area contributed by atoms with Crippen molar-refractivity contribution < 1.29 is 14.7 Å². The second-order valence-corrected chi connectivity index (χ2v) is 5.46. The highest BCUT2D eigenvalue weighted by Gasteiger charge is 2.13. The number of carbonyl (C=O) groups is 2. The molecule has 0 unspecified atom stereocenters. The molecular weight excluding hydrogens is 278 g/mol. The van der Waals surface area contributed by atoms with Crippen molar-refractivity contribution in [3.63, 3.8) is 0 Å². The molecule has 4 heteroatoms. The van der Waals surface area contributed by atoms with Crippen LogP contribution in [0.15, 0.2) is 48.1 Å². The molecule has 0 saturated carbocycles. The van der Waals surface area contributed by atoms with E-state index in [0.29, 0.717) is 5.56 Å². The van der Waals surface area contributed by atoms with Gasteiger partial charge in [-0.15, -0.1) is 0 Å². The molecule has 0 aromatic heterocycles. The normalized spacial score (nSPS) is 13.2. The molecular formula is C18H23NO3. The maximum atomic E-state index is 12.4. The van der Waals surface area contributed by atoms with Gasteiger partial charge < -0.3 is 10.0 Å². The minimum absolute atomic E-state index is 0.0338. The second-order valence-electron chi connectivity index (χ2n) is 5.46. The molecule has 0 aliphatic carbocycles. The molecule has 22 heavy (non-hydrogen) atoms. The van der Waals surface area contributed by atoms with Gasteiger partial charge in [-0.1, -0.05) is 24.6 Å². The van der Waals surface area contributed by atoms with E-state index < -0.39 is 6.61 Å². The maximum absolute atomic E-state index is 12.4. The second kappa shape index (κ2) is 8.29. The first-order chi connectivity index (χ1) is 10.3. The lowest BCUT2D eigenvalue weighted by Gasteiger charge is -2.13. The number of rotatable bonds is 7. The number of aliphatic hydroxyl groups is 1. The van der Waals surface area contributed by atoms with E-state index in [1.165, 1.54) is 6.08 Å². The van der Waals surface area contributed by atoms with E-state index in [1.54, 1.807) is 6.08 Å². The Balaban J connectivity index is 2.79. The summed E-state index contributed by atoms with van der Waals surface area (Å²) in [7, 11) is 3.90. The Bertz CT molecular complexity index is 583. The smallest absolute Gasteiger partial charge is 0.181 e. The van der Waals surface area contributed by atoms with E-state index in [2.05, 4.69) is 0 Å². The van der Waals surface area contributed by atoms with Crippen LogP contribution in [0.5, 0.6) is 0 Å². The monoisotopic (exact) mass is 301 g/mol. The first-order valence-corrected chi connectivity index (χ1v) is 7.17. The first kappa shape index (κ1) is 17.9. The zero-order chi connectivity index (χ0) is 16.7. The molecule has 118 valence electrons. The van der Waals surface area contributed by atoms with Gasteiger partial charge in [0.05, 0.1) is 0 Å².